The van der Waals surface area contributed by atoms with Crippen molar-refractivity contribution in [1.82, 2.24) is 0 Å². The van der Waals surface area contributed by atoms with E-state index >= 15 is 0 Å². The highest BCUT2D eigenvalue weighted by atomic mass is 16.5. The number of hydrogen-bond acceptors (Lipinski definition) is 8. The lowest BCUT2D eigenvalue weighted by molar-refractivity contribution is -0.322. The Hall–Kier alpha value is -2.38. The lowest BCUT2D eigenvalue weighted by Gasteiger charge is -2.36. The smallest absolute Gasteiger partial charge is 0.307 e. The average Bonchev–Trinajstić information content (AvgIpc) is 3.26. The Kier molecular flexibility index (Phi) is 6.98. The van der Waals surface area contributed by atoms with E-state index in [2.05, 4.69) is 6.58 Å². The number of esters is 2. The zero-order chi connectivity index (χ0) is 20.0. The van der Waals surface area contributed by atoms with Crippen molar-refractivity contribution in [3.05, 3.63) is 12.2 Å². The van der Waals surface area contributed by atoms with Crippen molar-refractivity contribution >= 4 is 23.9 Å². The van der Waals surface area contributed by atoms with Crippen LogP contribution >= 0.6 is 0 Å². The van der Waals surface area contributed by atoms with Gasteiger partial charge in [0, 0.05) is 0 Å². The summed E-state index contributed by atoms with van der Waals surface area (Å²) >= 11 is 0. The summed E-state index contributed by atoms with van der Waals surface area (Å²) in [5, 5.41) is 23.1. The first-order valence-electron chi connectivity index (χ1n) is 9.26. The normalized spacial score (nSPS) is 18.2. The fourth-order valence-electron chi connectivity index (χ4n) is 3.70. The summed E-state index contributed by atoms with van der Waals surface area (Å²) in [6, 6.07) is 0. The largest absolute Gasteiger partial charge is 0.549 e. The third kappa shape index (κ3) is 5.30. The van der Waals surface area contributed by atoms with E-state index in [1.807, 2.05) is 0 Å². The van der Waals surface area contributed by atoms with Crippen molar-refractivity contribution in [2.75, 3.05) is 0 Å². The van der Waals surface area contributed by atoms with E-state index < -0.39 is 47.7 Å². The topological polar surface area (TPSA) is 133 Å². The highest BCUT2D eigenvalue weighted by Crippen LogP contribution is 2.36. The van der Waals surface area contributed by atoms with Gasteiger partial charge in [0.2, 0.25) is 0 Å². The van der Waals surface area contributed by atoms with E-state index in [-0.39, 0.29) is 12.2 Å². The second kappa shape index (κ2) is 9.01. The van der Waals surface area contributed by atoms with Crippen molar-refractivity contribution in [2.24, 2.45) is 5.41 Å². The average molecular weight is 380 g/mol. The number of ether oxygens (including phenoxy) is 2. The molecule has 0 saturated heterocycles. The molecule has 0 amide bonds. The molecule has 2 aliphatic carbocycles. The fourth-order valence-corrected chi connectivity index (χ4v) is 3.70. The van der Waals surface area contributed by atoms with Crippen molar-refractivity contribution in [1.29, 1.82) is 0 Å². The van der Waals surface area contributed by atoms with Crippen LogP contribution in [-0.4, -0.2) is 36.1 Å². The van der Waals surface area contributed by atoms with Crippen LogP contribution in [0.5, 0.6) is 0 Å². The van der Waals surface area contributed by atoms with Gasteiger partial charge in [0.15, 0.2) is 0 Å². The van der Waals surface area contributed by atoms with E-state index in [1.54, 1.807) is 0 Å². The van der Waals surface area contributed by atoms with Gasteiger partial charge in [0.1, 0.15) is 12.2 Å². The summed E-state index contributed by atoms with van der Waals surface area (Å²) in [6.07, 6.45) is 3.79. The van der Waals surface area contributed by atoms with Crippen LogP contribution in [0.25, 0.3) is 0 Å². The molecule has 0 aliphatic heterocycles. The lowest BCUT2D eigenvalue weighted by atomic mass is 9.74. The number of carboxylic acids is 2. The van der Waals surface area contributed by atoms with Gasteiger partial charge < -0.3 is 29.3 Å². The van der Waals surface area contributed by atoms with Crippen molar-refractivity contribution in [3.63, 3.8) is 0 Å². The molecule has 2 saturated carbocycles. The van der Waals surface area contributed by atoms with Crippen LogP contribution < -0.4 is 10.2 Å². The molecule has 2 aliphatic rings. The Bertz CT molecular complexity index is 579. The molecule has 0 spiro atoms. The van der Waals surface area contributed by atoms with Crippen molar-refractivity contribution in [3.8, 4) is 0 Å². The highest BCUT2D eigenvalue weighted by Gasteiger charge is 2.42. The van der Waals surface area contributed by atoms with Gasteiger partial charge in [-0.15, -0.1) is 0 Å². The standard InChI is InChI=1S/C19H26O8/c1-12(17(22)23)19(18(24)25,10-15(20)26-13-6-2-3-7-13)11-16(21)27-14-8-4-5-9-14/h13-14H,1-11H2,(H,22,23)(H,24,25)/p-2. The summed E-state index contributed by atoms with van der Waals surface area (Å²) in [5.74, 6) is -5.60. The van der Waals surface area contributed by atoms with Crippen LogP contribution in [0.1, 0.15) is 64.2 Å². The van der Waals surface area contributed by atoms with E-state index in [0.717, 1.165) is 25.7 Å². The van der Waals surface area contributed by atoms with Crippen LogP contribution in [-0.2, 0) is 28.7 Å². The first-order chi connectivity index (χ1) is 12.7. The molecule has 0 atom stereocenters. The molecular formula is C19H24O8-2. The molecule has 0 aromatic carbocycles. The Labute approximate surface area is 157 Å². The predicted octanol–water partition coefficient (Wildman–Crippen LogP) is -0.219. The van der Waals surface area contributed by atoms with Gasteiger partial charge in [-0.1, -0.05) is 6.58 Å². The number of hydrogen-bond donors (Lipinski definition) is 0. The number of aliphatic carboxylic acids is 2. The molecule has 0 bridgehead atoms. The first kappa shape index (κ1) is 20.9. The van der Waals surface area contributed by atoms with Gasteiger partial charge in [-0.2, -0.15) is 0 Å². The molecule has 2 rings (SSSR count). The molecule has 0 unspecified atom stereocenters. The first-order valence-corrected chi connectivity index (χ1v) is 9.26. The molecule has 2 fully saturated rings. The van der Waals surface area contributed by atoms with E-state index in [1.165, 1.54) is 0 Å². The molecule has 0 aromatic rings. The zero-order valence-electron chi connectivity index (χ0n) is 15.2. The summed E-state index contributed by atoms with van der Waals surface area (Å²) in [4.78, 5) is 47.6. The minimum absolute atomic E-state index is 0.335. The number of carbonyl (C=O) groups is 4. The van der Waals surface area contributed by atoms with Crippen molar-refractivity contribution in [2.45, 2.75) is 76.4 Å². The van der Waals surface area contributed by atoms with Crippen LogP contribution in [0.15, 0.2) is 12.2 Å². The van der Waals surface area contributed by atoms with Gasteiger partial charge in [0.05, 0.1) is 30.2 Å². The lowest BCUT2D eigenvalue weighted by Crippen LogP contribution is -2.50. The molecule has 0 heterocycles. The third-order valence-electron chi connectivity index (χ3n) is 5.31. The highest BCUT2D eigenvalue weighted by molar-refractivity contribution is 5.99. The van der Waals surface area contributed by atoms with Crippen LogP contribution in [0.3, 0.4) is 0 Å². The summed E-state index contributed by atoms with van der Waals surface area (Å²) in [6.45, 7) is 3.22. The quantitative estimate of drug-likeness (QED) is 0.396. The Morgan fingerprint density at radius 1 is 0.815 bits per heavy atom. The van der Waals surface area contributed by atoms with Gasteiger partial charge in [0.25, 0.3) is 0 Å². The molecule has 150 valence electrons. The minimum atomic E-state index is -2.47. The molecular weight excluding hydrogens is 356 g/mol. The van der Waals surface area contributed by atoms with Gasteiger partial charge in [-0.3, -0.25) is 9.59 Å². The molecule has 0 radical (unpaired) electrons. The second-order valence-electron chi connectivity index (χ2n) is 7.28. The van der Waals surface area contributed by atoms with E-state index in [9.17, 15) is 29.4 Å². The summed E-state index contributed by atoms with van der Waals surface area (Å²) in [5.41, 5.74) is -3.38. The molecule has 0 aromatic heterocycles. The number of carbonyl (C=O) groups excluding carboxylic acids is 4. The van der Waals surface area contributed by atoms with Crippen LogP contribution in [0.2, 0.25) is 0 Å². The van der Waals surface area contributed by atoms with Gasteiger partial charge in [-0.25, -0.2) is 0 Å². The molecule has 0 N–H and O–H groups in total. The third-order valence-corrected chi connectivity index (χ3v) is 5.31. The fraction of sp³-hybridized carbons (Fsp3) is 0.684. The Balaban J connectivity index is 2.15. The van der Waals surface area contributed by atoms with E-state index in [4.69, 9.17) is 9.47 Å². The van der Waals surface area contributed by atoms with Crippen molar-refractivity contribution < 1.29 is 38.9 Å². The maximum atomic E-state index is 12.3. The molecule has 8 heteroatoms. The molecule has 8 nitrogen and oxygen atoms in total. The Morgan fingerprint density at radius 3 is 1.48 bits per heavy atom. The monoisotopic (exact) mass is 380 g/mol. The predicted molar refractivity (Wildman–Crippen MR) is 87.5 cm³/mol. The SMILES string of the molecule is C=C(C(=O)[O-])C(CC(=O)OC1CCCC1)(CC(=O)OC1CCCC1)C(=O)[O-]. The second-order valence-corrected chi connectivity index (χ2v) is 7.28. The zero-order valence-corrected chi connectivity index (χ0v) is 15.2. The molecule has 27 heavy (non-hydrogen) atoms. The van der Waals surface area contributed by atoms with E-state index in [0.29, 0.717) is 25.7 Å². The van der Waals surface area contributed by atoms with Gasteiger partial charge >= 0.3 is 11.9 Å². The van der Waals surface area contributed by atoms with Gasteiger partial charge in [-0.05, 0) is 56.9 Å². The Morgan fingerprint density at radius 2 is 1.19 bits per heavy atom. The summed E-state index contributed by atoms with van der Waals surface area (Å²) < 4.78 is 10.5. The maximum Gasteiger partial charge on any atom is 0.307 e. The maximum absolute atomic E-state index is 12.3. The minimum Gasteiger partial charge on any atom is -0.549 e. The number of carboxylic acid groups (broad SMARTS) is 2. The summed E-state index contributed by atoms with van der Waals surface area (Å²) in [7, 11) is 0. The number of rotatable bonds is 9. The van der Waals surface area contributed by atoms with Crippen LogP contribution in [0, 0.1) is 5.41 Å². The van der Waals surface area contributed by atoms with Crippen LogP contribution in [0.4, 0.5) is 0 Å².